The van der Waals surface area contributed by atoms with Gasteiger partial charge in [0.2, 0.25) is 0 Å². The van der Waals surface area contributed by atoms with E-state index in [9.17, 15) is 9.18 Å². The Labute approximate surface area is 185 Å². The molecule has 0 bridgehead atoms. The zero-order chi connectivity index (χ0) is 22.3. The molecule has 7 heteroatoms. The lowest BCUT2D eigenvalue weighted by Crippen LogP contribution is -2.28. The average Bonchev–Trinajstić information content (AvgIpc) is 3.30. The summed E-state index contributed by atoms with van der Waals surface area (Å²) in [6.07, 6.45) is 2.93. The number of aryl methyl sites for hydroxylation is 1. The molecule has 32 heavy (non-hydrogen) atoms. The number of para-hydroxylation sites is 1. The third-order valence-electron chi connectivity index (χ3n) is 5.06. The maximum absolute atomic E-state index is 14.0. The van der Waals surface area contributed by atoms with E-state index < -0.39 is 5.82 Å². The van der Waals surface area contributed by atoms with Gasteiger partial charge in [0, 0.05) is 37.8 Å². The van der Waals surface area contributed by atoms with Crippen LogP contribution < -0.4 is 5.32 Å². The van der Waals surface area contributed by atoms with Crippen LogP contribution in [0.2, 0.25) is 0 Å². The van der Waals surface area contributed by atoms with Gasteiger partial charge in [0.1, 0.15) is 23.1 Å². The molecule has 2 heterocycles. The number of hydrogen-bond acceptors (Lipinski definition) is 5. The highest BCUT2D eigenvalue weighted by Crippen LogP contribution is 2.22. The summed E-state index contributed by atoms with van der Waals surface area (Å²) in [5.41, 5.74) is 2.44. The first-order valence-corrected chi connectivity index (χ1v) is 10.3. The number of hydrogen-bond donors (Lipinski definition) is 1. The molecular formula is C25H23FN4O2. The van der Waals surface area contributed by atoms with Crippen LogP contribution in [0, 0.1) is 5.82 Å². The molecule has 0 saturated carbocycles. The summed E-state index contributed by atoms with van der Waals surface area (Å²) in [6, 6.07) is 21.4. The summed E-state index contributed by atoms with van der Waals surface area (Å²) in [5.74, 6) is 0.483. The lowest BCUT2D eigenvalue weighted by Gasteiger charge is -2.19. The van der Waals surface area contributed by atoms with Crippen molar-refractivity contribution in [3.63, 3.8) is 0 Å². The largest absolute Gasteiger partial charge is 0.361 e. The molecule has 2 aromatic heterocycles. The van der Waals surface area contributed by atoms with Crippen molar-refractivity contribution in [2.24, 2.45) is 0 Å². The summed E-state index contributed by atoms with van der Waals surface area (Å²) in [7, 11) is 1.73. The summed E-state index contributed by atoms with van der Waals surface area (Å²) < 4.78 is 19.4. The van der Waals surface area contributed by atoms with Crippen LogP contribution >= 0.6 is 0 Å². The number of halogens is 1. The fourth-order valence-electron chi connectivity index (χ4n) is 3.34. The molecule has 0 aliphatic rings. The molecule has 1 amide bonds. The Kier molecular flexibility index (Phi) is 6.55. The van der Waals surface area contributed by atoms with E-state index in [1.54, 1.807) is 48.5 Å². The smallest absolute Gasteiger partial charge is 0.257 e. The van der Waals surface area contributed by atoms with E-state index >= 15 is 0 Å². The first-order valence-electron chi connectivity index (χ1n) is 10.3. The van der Waals surface area contributed by atoms with Crippen LogP contribution in [0.25, 0.3) is 11.3 Å². The van der Waals surface area contributed by atoms with Gasteiger partial charge in [-0.3, -0.25) is 4.79 Å². The van der Waals surface area contributed by atoms with Gasteiger partial charge in [-0.05, 0) is 30.7 Å². The number of carbonyl (C=O) groups excluding carboxylic acids is 1. The van der Waals surface area contributed by atoms with Gasteiger partial charge >= 0.3 is 0 Å². The zero-order valence-electron chi connectivity index (χ0n) is 17.7. The lowest BCUT2D eigenvalue weighted by molar-refractivity contribution is 0.0793. The second-order valence-electron chi connectivity index (χ2n) is 7.38. The molecule has 6 nitrogen and oxygen atoms in total. The molecule has 4 aromatic rings. The van der Waals surface area contributed by atoms with Gasteiger partial charge in [0.05, 0.1) is 11.3 Å². The van der Waals surface area contributed by atoms with Crippen molar-refractivity contribution in [2.75, 3.05) is 18.9 Å². The molecule has 0 aliphatic carbocycles. The SMILES string of the molecule is CN(CCCc1cc(-c2ccccc2)no1)C(=O)c1cccnc1Nc1ccccc1F. The summed E-state index contributed by atoms with van der Waals surface area (Å²) in [5, 5.41) is 7.04. The minimum Gasteiger partial charge on any atom is -0.361 e. The van der Waals surface area contributed by atoms with Crippen LogP contribution in [0.5, 0.6) is 0 Å². The molecule has 0 fully saturated rings. The number of nitrogens with zero attached hydrogens (tertiary/aromatic N) is 3. The van der Waals surface area contributed by atoms with E-state index in [0.29, 0.717) is 30.8 Å². The number of rotatable bonds is 8. The topological polar surface area (TPSA) is 71.3 Å². The zero-order valence-corrected chi connectivity index (χ0v) is 17.7. The predicted molar refractivity (Wildman–Crippen MR) is 121 cm³/mol. The van der Waals surface area contributed by atoms with Crippen molar-refractivity contribution in [2.45, 2.75) is 12.8 Å². The number of carbonyl (C=O) groups is 1. The molecule has 0 radical (unpaired) electrons. The third-order valence-corrected chi connectivity index (χ3v) is 5.06. The number of benzene rings is 2. The van der Waals surface area contributed by atoms with E-state index in [-0.39, 0.29) is 11.6 Å². The highest BCUT2D eigenvalue weighted by atomic mass is 19.1. The van der Waals surface area contributed by atoms with Crippen LogP contribution in [0.15, 0.2) is 83.5 Å². The van der Waals surface area contributed by atoms with E-state index in [1.165, 1.54) is 6.07 Å². The minimum atomic E-state index is -0.410. The first-order chi connectivity index (χ1) is 15.6. The Morgan fingerprint density at radius 2 is 1.84 bits per heavy atom. The number of nitrogens with one attached hydrogen (secondary N) is 1. The van der Waals surface area contributed by atoms with Gasteiger partial charge in [-0.1, -0.05) is 47.6 Å². The molecule has 0 spiro atoms. The molecule has 4 rings (SSSR count). The maximum Gasteiger partial charge on any atom is 0.257 e. The Hall–Kier alpha value is -4.00. The Morgan fingerprint density at radius 3 is 2.66 bits per heavy atom. The molecule has 0 unspecified atom stereocenters. The maximum atomic E-state index is 14.0. The highest BCUT2D eigenvalue weighted by Gasteiger charge is 2.17. The lowest BCUT2D eigenvalue weighted by atomic mass is 10.1. The summed E-state index contributed by atoms with van der Waals surface area (Å²) >= 11 is 0. The van der Waals surface area contributed by atoms with Gasteiger partial charge in [-0.15, -0.1) is 0 Å². The molecule has 0 saturated heterocycles. The van der Waals surface area contributed by atoms with Crippen LogP contribution in [-0.2, 0) is 6.42 Å². The van der Waals surface area contributed by atoms with Gasteiger partial charge in [-0.25, -0.2) is 9.37 Å². The molecule has 162 valence electrons. The van der Waals surface area contributed by atoms with E-state index in [0.717, 1.165) is 17.0 Å². The van der Waals surface area contributed by atoms with E-state index in [1.807, 2.05) is 36.4 Å². The minimum absolute atomic E-state index is 0.195. The fraction of sp³-hybridized carbons (Fsp3) is 0.160. The second-order valence-corrected chi connectivity index (χ2v) is 7.38. The number of amides is 1. The Bertz CT molecular complexity index is 1190. The number of aromatic nitrogens is 2. The molecule has 0 atom stereocenters. The van der Waals surface area contributed by atoms with Crippen molar-refractivity contribution < 1.29 is 13.7 Å². The average molecular weight is 430 g/mol. The highest BCUT2D eigenvalue weighted by molar-refractivity contribution is 5.99. The number of pyridine rings is 1. The molecule has 0 aliphatic heterocycles. The monoisotopic (exact) mass is 430 g/mol. The predicted octanol–water partition coefficient (Wildman–Crippen LogP) is 5.32. The van der Waals surface area contributed by atoms with Gasteiger partial charge < -0.3 is 14.7 Å². The van der Waals surface area contributed by atoms with E-state index in [4.69, 9.17) is 4.52 Å². The van der Waals surface area contributed by atoms with Crippen molar-refractivity contribution in [3.8, 4) is 11.3 Å². The van der Waals surface area contributed by atoms with Crippen LogP contribution in [0.4, 0.5) is 15.9 Å². The quantitative estimate of drug-likeness (QED) is 0.409. The third kappa shape index (κ3) is 5.00. The number of anilines is 2. The Balaban J connectivity index is 1.36. The van der Waals surface area contributed by atoms with Crippen molar-refractivity contribution in [3.05, 3.63) is 96.1 Å². The summed E-state index contributed by atoms with van der Waals surface area (Å²) in [6.45, 7) is 0.522. The standard InChI is InChI=1S/C25H23FN4O2/c1-30(16-8-11-19-17-23(29-32-19)18-9-3-2-4-10-18)25(31)20-12-7-15-27-24(20)28-22-14-6-5-13-21(22)26/h2-7,9-10,12-15,17H,8,11,16H2,1H3,(H,27,28). The van der Waals surface area contributed by atoms with Crippen molar-refractivity contribution in [1.82, 2.24) is 15.0 Å². The molecule has 2 aromatic carbocycles. The molecular weight excluding hydrogens is 407 g/mol. The van der Waals surface area contributed by atoms with Crippen molar-refractivity contribution >= 4 is 17.4 Å². The van der Waals surface area contributed by atoms with Crippen LogP contribution in [0.3, 0.4) is 0 Å². The normalized spacial score (nSPS) is 10.7. The van der Waals surface area contributed by atoms with Crippen LogP contribution in [0.1, 0.15) is 22.5 Å². The van der Waals surface area contributed by atoms with Gasteiger partial charge in [0.15, 0.2) is 0 Å². The van der Waals surface area contributed by atoms with Crippen LogP contribution in [-0.4, -0.2) is 34.5 Å². The summed E-state index contributed by atoms with van der Waals surface area (Å²) in [4.78, 5) is 18.8. The Morgan fingerprint density at radius 1 is 1.06 bits per heavy atom. The van der Waals surface area contributed by atoms with Crippen molar-refractivity contribution in [1.29, 1.82) is 0 Å². The second kappa shape index (κ2) is 9.87. The first kappa shape index (κ1) is 21.2. The van der Waals surface area contributed by atoms with Gasteiger partial charge in [-0.2, -0.15) is 0 Å². The molecule has 1 N–H and O–H groups in total. The van der Waals surface area contributed by atoms with E-state index in [2.05, 4.69) is 15.5 Å². The fourth-order valence-corrected chi connectivity index (χ4v) is 3.34. The van der Waals surface area contributed by atoms with Gasteiger partial charge in [0.25, 0.3) is 5.91 Å².